The Morgan fingerprint density at radius 3 is 1.36 bits per heavy atom. The zero-order chi connectivity index (χ0) is 45.7. The second kappa shape index (κ2) is 18.8. The van der Waals surface area contributed by atoms with Gasteiger partial charge in [-0.25, -0.2) is 13.2 Å². The van der Waals surface area contributed by atoms with E-state index in [2.05, 4.69) is 30.3 Å². The summed E-state index contributed by atoms with van der Waals surface area (Å²) in [5.74, 6) is 0.219. The molecule has 7 aromatic carbocycles. The van der Waals surface area contributed by atoms with Gasteiger partial charge in [0, 0.05) is 14.7 Å². The average molecular weight is 901 g/mol. The first kappa shape index (κ1) is 45.7. The standard InChI is InChI=1S/C52H52O10S2/c1-36-16-24-45(25-17-36)64(55,56)62-63(43-28-20-40(21-29-43)58-34-49(53)60-51(2,3)4,44-30-22-41(23-31-44)59-35-50(54)61-52(5,6)7)42-26-18-39(19-27-42)57-33-38-32-37-12-8-9-13-46(37)48-15-11-10-14-47(38)48/h8-32H,33-35H2,1-7H3. The van der Waals surface area contributed by atoms with Gasteiger partial charge in [0.05, 0.1) is 4.90 Å². The molecule has 0 aromatic heterocycles. The Labute approximate surface area is 376 Å². The van der Waals surface area contributed by atoms with Crippen LogP contribution in [0.4, 0.5) is 0 Å². The SMILES string of the molecule is Cc1ccc(S(=O)(=O)OS(c2ccc(OCC(=O)OC(C)(C)C)cc2)(c2ccc(OCC(=O)OC(C)(C)C)cc2)c2ccc(OCc3cc4ccccc4c4ccccc34)cc2)cc1. The number of hydrogen-bond acceptors (Lipinski definition) is 10. The van der Waals surface area contributed by atoms with Crippen molar-refractivity contribution >= 4 is 53.9 Å². The Morgan fingerprint density at radius 1 is 0.484 bits per heavy atom. The number of fused-ring (bicyclic) bond motifs is 3. The van der Waals surface area contributed by atoms with Crippen molar-refractivity contribution in [2.75, 3.05) is 13.2 Å². The molecule has 332 valence electrons. The van der Waals surface area contributed by atoms with E-state index in [0.717, 1.165) is 32.7 Å². The minimum atomic E-state index is -4.45. The highest BCUT2D eigenvalue weighted by atomic mass is 32.3. The molecule has 0 aliphatic rings. The van der Waals surface area contributed by atoms with Crippen molar-refractivity contribution in [3.8, 4) is 17.2 Å². The first-order valence-electron chi connectivity index (χ1n) is 20.8. The number of ether oxygens (including phenoxy) is 5. The van der Waals surface area contributed by atoms with Gasteiger partial charge in [0.25, 0.3) is 0 Å². The van der Waals surface area contributed by atoms with E-state index in [9.17, 15) is 18.0 Å². The topological polar surface area (TPSA) is 124 Å². The van der Waals surface area contributed by atoms with E-state index in [1.807, 2.05) is 43.3 Å². The molecule has 10 nitrogen and oxygen atoms in total. The average Bonchev–Trinajstić information content (AvgIpc) is 3.25. The van der Waals surface area contributed by atoms with Gasteiger partial charge in [0.1, 0.15) is 35.1 Å². The van der Waals surface area contributed by atoms with E-state index in [4.69, 9.17) is 27.3 Å². The highest BCUT2D eigenvalue weighted by Crippen LogP contribution is 2.70. The summed E-state index contributed by atoms with van der Waals surface area (Å²) in [7, 11) is -7.62. The van der Waals surface area contributed by atoms with Gasteiger partial charge in [-0.2, -0.15) is 8.42 Å². The van der Waals surface area contributed by atoms with Gasteiger partial charge in [-0.15, -0.1) is 0 Å². The molecule has 12 heteroatoms. The molecule has 0 aliphatic carbocycles. The van der Waals surface area contributed by atoms with Crippen molar-refractivity contribution in [2.45, 2.75) is 85.9 Å². The monoisotopic (exact) mass is 900 g/mol. The molecule has 0 amide bonds. The molecule has 0 spiro atoms. The van der Waals surface area contributed by atoms with Gasteiger partial charge in [0.15, 0.2) is 13.2 Å². The quantitative estimate of drug-likeness (QED) is 0.0725. The van der Waals surface area contributed by atoms with Crippen molar-refractivity contribution in [3.05, 3.63) is 163 Å². The third-order valence-electron chi connectivity index (χ3n) is 9.77. The van der Waals surface area contributed by atoms with Gasteiger partial charge in [-0.1, -0.05) is 66.2 Å². The van der Waals surface area contributed by atoms with Crippen LogP contribution in [0.3, 0.4) is 0 Å². The van der Waals surface area contributed by atoms with E-state index in [1.54, 1.807) is 114 Å². The molecule has 0 fully saturated rings. The summed E-state index contributed by atoms with van der Waals surface area (Å²) in [5.41, 5.74) is 0.535. The maximum atomic E-state index is 14.5. The Morgan fingerprint density at radius 2 is 0.891 bits per heavy atom. The number of carbonyl (C=O) groups excluding carboxylic acids is 2. The predicted molar refractivity (Wildman–Crippen MR) is 250 cm³/mol. The lowest BCUT2D eigenvalue weighted by Crippen LogP contribution is -2.27. The zero-order valence-electron chi connectivity index (χ0n) is 37.0. The Bertz CT molecular complexity index is 2790. The molecule has 0 N–H and O–H groups in total. The van der Waals surface area contributed by atoms with Crippen molar-refractivity contribution < 1.29 is 45.3 Å². The molecule has 0 saturated heterocycles. The Hall–Kier alpha value is -6.34. The number of aryl methyl sites for hydroxylation is 1. The molecule has 0 heterocycles. The molecule has 0 radical (unpaired) electrons. The molecular formula is C52H52O10S2. The normalized spacial score (nSPS) is 12.4. The highest BCUT2D eigenvalue weighted by molar-refractivity contribution is 8.33. The zero-order valence-corrected chi connectivity index (χ0v) is 38.6. The first-order chi connectivity index (χ1) is 30.4. The summed E-state index contributed by atoms with van der Waals surface area (Å²) in [6.07, 6.45) is 0. The summed E-state index contributed by atoms with van der Waals surface area (Å²) in [5, 5.41) is 4.50. The van der Waals surface area contributed by atoms with Crippen molar-refractivity contribution in [2.24, 2.45) is 0 Å². The largest absolute Gasteiger partial charge is 0.489 e. The fourth-order valence-electron chi connectivity index (χ4n) is 7.03. The van der Waals surface area contributed by atoms with E-state index in [1.165, 1.54) is 12.1 Å². The lowest BCUT2D eigenvalue weighted by atomic mass is 9.98. The Kier molecular flexibility index (Phi) is 13.4. The second-order valence-corrected chi connectivity index (χ2v) is 21.6. The van der Waals surface area contributed by atoms with E-state index in [-0.39, 0.29) is 24.7 Å². The van der Waals surface area contributed by atoms with Gasteiger partial charge in [0.2, 0.25) is 0 Å². The molecule has 0 bridgehead atoms. The number of hydrogen-bond donors (Lipinski definition) is 0. The van der Waals surface area contributed by atoms with Crippen LogP contribution in [0.2, 0.25) is 0 Å². The fraction of sp³-hybridized carbons (Fsp3) is 0.231. The molecular weight excluding hydrogens is 849 g/mol. The molecule has 7 aromatic rings. The van der Waals surface area contributed by atoms with Gasteiger partial charge >= 0.3 is 22.1 Å². The minimum absolute atomic E-state index is 0.0211. The molecule has 0 saturated carbocycles. The first-order valence-corrected chi connectivity index (χ1v) is 23.7. The molecule has 0 unspecified atom stereocenters. The predicted octanol–water partition coefficient (Wildman–Crippen LogP) is 11.9. The van der Waals surface area contributed by atoms with Crippen LogP contribution in [-0.4, -0.2) is 44.8 Å². The smallest absolute Gasteiger partial charge is 0.344 e. The van der Waals surface area contributed by atoms with Crippen LogP contribution in [0.25, 0.3) is 21.5 Å². The number of carbonyl (C=O) groups is 2. The van der Waals surface area contributed by atoms with E-state index in [0.29, 0.717) is 31.9 Å². The summed E-state index contributed by atoms with van der Waals surface area (Å²) in [6, 6.07) is 45.9. The molecule has 64 heavy (non-hydrogen) atoms. The number of esters is 2. The fourth-order valence-corrected chi connectivity index (χ4v) is 12.2. The number of benzene rings is 7. The molecule has 0 aliphatic heterocycles. The second-order valence-electron chi connectivity index (χ2n) is 17.1. The maximum absolute atomic E-state index is 14.5. The van der Waals surface area contributed by atoms with Crippen molar-refractivity contribution in [3.63, 3.8) is 0 Å². The van der Waals surface area contributed by atoms with Gasteiger partial charge < -0.3 is 23.7 Å². The van der Waals surface area contributed by atoms with Crippen LogP contribution < -0.4 is 14.2 Å². The third-order valence-corrected chi connectivity index (χ3v) is 15.0. The number of rotatable bonds is 15. The van der Waals surface area contributed by atoms with Crippen LogP contribution >= 0.6 is 10.3 Å². The third kappa shape index (κ3) is 11.1. The minimum Gasteiger partial charge on any atom is -0.489 e. The summed E-state index contributed by atoms with van der Waals surface area (Å²) < 4.78 is 64.6. The maximum Gasteiger partial charge on any atom is 0.344 e. The molecule has 7 rings (SSSR count). The van der Waals surface area contributed by atoms with Crippen LogP contribution in [0.1, 0.15) is 52.7 Å². The lowest BCUT2D eigenvalue weighted by molar-refractivity contribution is -0.158. The molecule has 0 atom stereocenters. The van der Waals surface area contributed by atoms with Crippen molar-refractivity contribution in [1.29, 1.82) is 0 Å². The highest BCUT2D eigenvalue weighted by Gasteiger charge is 2.39. The van der Waals surface area contributed by atoms with Crippen LogP contribution in [0, 0.1) is 6.92 Å². The van der Waals surface area contributed by atoms with E-state index >= 15 is 0 Å². The summed E-state index contributed by atoms with van der Waals surface area (Å²) in [4.78, 5) is 26.5. The Balaban J connectivity index is 1.29. The van der Waals surface area contributed by atoms with Gasteiger partial charge in [-0.3, -0.25) is 0 Å². The van der Waals surface area contributed by atoms with Crippen LogP contribution in [0.15, 0.2) is 171 Å². The van der Waals surface area contributed by atoms with E-state index < -0.39 is 43.6 Å². The van der Waals surface area contributed by atoms with Gasteiger partial charge in [-0.05, 0) is 177 Å². The summed E-state index contributed by atoms with van der Waals surface area (Å²) in [6.45, 7) is 12.2. The van der Waals surface area contributed by atoms with Crippen LogP contribution in [0.5, 0.6) is 17.2 Å². The summed E-state index contributed by atoms with van der Waals surface area (Å²) >= 11 is 0. The van der Waals surface area contributed by atoms with Crippen LogP contribution in [-0.2, 0) is 39.4 Å². The van der Waals surface area contributed by atoms with Crippen molar-refractivity contribution in [1.82, 2.24) is 0 Å². The lowest BCUT2D eigenvalue weighted by Gasteiger charge is -2.39.